The van der Waals surface area contributed by atoms with E-state index in [9.17, 15) is 4.39 Å². The molecule has 0 aliphatic heterocycles. The van der Waals surface area contributed by atoms with Crippen LogP contribution in [0.2, 0.25) is 0 Å². The van der Waals surface area contributed by atoms with Crippen molar-refractivity contribution in [3.8, 4) is 5.75 Å². The summed E-state index contributed by atoms with van der Waals surface area (Å²) in [7, 11) is 1.41. The van der Waals surface area contributed by atoms with Gasteiger partial charge in [0, 0.05) is 11.8 Å². The van der Waals surface area contributed by atoms with E-state index in [-0.39, 0.29) is 18.2 Å². The van der Waals surface area contributed by atoms with Crippen LogP contribution in [0.15, 0.2) is 18.2 Å². The zero-order valence-corrected chi connectivity index (χ0v) is 6.82. The molecule has 0 aliphatic carbocycles. The van der Waals surface area contributed by atoms with Crippen LogP contribution < -0.4 is 10.5 Å². The predicted octanol–water partition coefficient (Wildman–Crippen LogP) is 1.84. The number of anilines is 1. The number of benzene rings is 1. The standard InChI is InChI=1S/C7H8FNO.ClH/c1-10-7-3-2-5(9)4-6(7)8;/h2-4H,9H2,1H3;1H. The van der Waals surface area contributed by atoms with Crippen molar-refractivity contribution < 1.29 is 9.13 Å². The molecule has 0 heterocycles. The van der Waals surface area contributed by atoms with Crippen LogP contribution in [-0.2, 0) is 0 Å². The molecule has 0 bridgehead atoms. The Kier molecular flexibility index (Phi) is 3.68. The Balaban J connectivity index is 0.000001000. The minimum Gasteiger partial charge on any atom is -0.494 e. The monoisotopic (exact) mass is 177 g/mol. The third-order valence-electron chi connectivity index (χ3n) is 1.18. The second-order valence-corrected chi connectivity index (χ2v) is 1.89. The van der Waals surface area contributed by atoms with Crippen LogP contribution in [0.5, 0.6) is 5.75 Å². The third kappa shape index (κ3) is 2.27. The molecular formula is C7H9ClFNO. The Morgan fingerprint density at radius 1 is 1.45 bits per heavy atom. The minimum atomic E-state index is -0.428. The highest BCUT2D eigenvalue weighted by Crippen LogP contribution is 2.18. The Labute approximate surface area is 70.6 Å². The fraction of sp³-hybridized carbons (Fsp3) is 0.143. The van der Waals surface area contributed by atoms with E-state index in [0.29, 0.717) is 5.69 Å². The molecule has 0 radical (unpaired) electrons. The van der Waals surface area contributed by atoms with E-state index in [4.69, 9.17) is 5.73 Å². The summed E-state index contributed by atoms with van der Waals surface area (Å²) in [5, 5.41) is 0. The van der Waals surface area contributed by atoms with Gasteiger partial charge in [-0.25, -0.2) is 4.39 Å². The third-order valence-corrected chi connectivity index (χ3v) is 1.18. The number of rotatable bonds is 1. The summed E-state index contributed by atoms with van der Waals surface area (Å²) in [6, 6.07) is 4.30. The van der Waals surface area contributed by atoms with E-state index in [1.165, 1.54) is 19.2 Å². The van der Waals surface area contributed by atoms with E-state index >= 15 is 0 Å². The summed E-state index contributed by atoms with van der Waals surface area (Å²) in [5.41, 5.74) is 5.69. The van der Waals surface area contributed by atoms with Gasteiger partial charge in [-0.1, -0.05) is 0 Å². The van der Waals surface area contributed by atoms with Crippen LogP contribution in [0.3, 0.4) is 0 Å². The first-order chi connectivity index (χ1) is 4.74. The Morgan fingerprint density at radius 2 is 2.09 bits per heavy atom. The van der Waals surface area contributed by atoms with Crippen LogP contribution in [0.1, 0.15) is 0 Å². The van der Waals surface area contributed by atoms with Gasteiger partial charge in [0.15, 0.2) is 11.6 Å². The molecule has 62 valence electrons. The van der Waals surface area contributed by atoms with E-state index in [0.717, 1.165) is 0 Å². The maximum absolute atomic E-state index is 12.6. The summed E-state index contributed by atoms with van der Waals surface area (Å²) in [4.78, 5) is 0. The molecule has 0 amide bonds. The average Bonchev–Trinajstić information content (AvgIpc) is 1.88. The van der Waals surface area contributed by atoms with Crippen LogP contribution in [0.4, 0.5) is 10.1 Å². The van der Waals surface area contributed by atoms with Gasteiger partial charge in [-0.3, -0.25) is 0 Å². The fourth-order valence-electron chi connectivity index (χ4n) is 0.683. The lowest BCUT2D eigenvalue weighted by molar-refractivity contribution is 0.387. The van der Waals surface area contributed by atoms with Gasteiger partial charge >= 0.3 is 0 Å². The van der Waals surface area contributed by atoms with Gasteiger partial charge in [-0.05, 0) is 12.1 Å². The van der Waals surface area contributed by atoms with Crippen molar-refractivity contribution in [1.29, 1.82) is 0 Å². The van der Waals surface area contributed by atoms with Gasteiger partial charge < -0.3 is 10.5 Å². The highest BCUT2D eigenvalue weighted by Gasteiger charge is 1.99. The molecule has 1 aromatic carbocycles. The Morgan fingerprint density at radius 3 is 2.55 bits per heavy atom. The molecule has 0 fully saturated rings. The smallest absolute Gasteiger partial charge is 0.167 e. The summed E-state index contributed by atoms with van der Waals surface area (Å²) in [5.74, 6) is -0.211. The average molecular weight is 178 g/mol. The lowest BCUT2D eigenvalue weighted by Crippen LogP contribution is -1.90. The second-order valence-electron chi connectivity index (χ2n) is 1.89. The fourth-order valence-corrected chi connectivity index (χ4v) is 0.683. The first-order valence-corrected chi connectivity index (χ1v) is 2.83. The molecule has 1 rings (SSSR count). The number of hydrogen-bond donors (Lipinski definition) is 1. The molecule has 1 aromatic rings. The number of nitrogen functional groups attached to an aromatic ring is 1. The Hall–Kier alpha value is -0.960. The van der Waals surface area contributed by atoms with Gasteiger partial charge in [0.25, 0.3) is 0 Å². The molecule has 0 aromatic heterocycles. The van der Waals surface area contributed by atoms with Gasteiger partial charge in [0.05, 0.1) is 7.11 Å². The molecule has 0 unspecified atom stereocenters. The molecule has 0 aliphatic rings. The lowest BCUT2D eigenvalue weighted by Gasteiger charge is -2.00. The van der Waals surface area contributed by atoms with Crippen molar-refractivity contribution in [1.82, 2.24) is 0 Å². The van der Waals surface area contributed by atoms with E-state index in [1.54, 1.807) is 6.07 Å². The normalized spacial score (nSPS) is 8.55. The zero-order valence-electron chi connectivity index (χ0n) is 6.00. The van der Waals surface area contributed by atoms with Crippen molar-refractivity contribution in [2.45, 2.75) is 0 Å². The summed E-state index contributed by atoms with van der Waals surface area (Å²) in [6.07, 6.45) is 0. The highest BCUT2D eigenvalue weighted by molar-refractivity contribution is 5.85. The number of hydrogen-bond acceptors (Lipinski definition) is 2. The Bertz CT molecular complexity index is 242. The predicted molar refractivity (Wildman–Crippen MR) is 44.6 cm³/mol. The first-order valence-electron chi connectivity index (χ1n) is 2.83. The number of halogens is 2. The van der Waals surface area contributed by atoms with Crippen molar-refractivity contribution >= 4 is 18.1 Å². The SMILES string of the molecule is COc1ccc(N)cc1F.Cl. The number of methoxy groups -OCH3 is 1. The van der Waals surface area contributed by atoms with E-state index in [1.807, 2.05) is 0 Å². The van der Waals surface area contributed by atoms with Gasteiger partial charge in [-0.15, -0.1) is 12.4 Å². The molecule has 0 atom stereocenters. The molecule has 2 nitrogen and oxygen atoms in total. The molecule has 2 N–H and O–H groups in total. The summed E-state index contributed by atoms with van der Waals surface area (Å²) >= 11 is 0. The van der Waals surface area contributed by atoms with E-state index in [2.05, 4.69) is 4.74 Å². The molecule has 4 heteroatoms. The number of nitrogens with two attached hydrogens (primary N) is 1. The summed E-state index contributed by atoms with van der Waals surface area (Å²) in [6.45, 7) is 0. The minimum absolute atomic E-state index is 0. The number of ether oxygens (including phenoxy) is 1. The highest BCUT2D eigenvalue weighted by atomic mass is 35.5. The molecular weight excluding hydrogens is 169 g/mol. The topological polar surface area (TPSA) is 35.2 Å². The van der Waals surface area contributed by atoms with Crippen LogP contribution >= 0.6 is 12.4 Å². The van der Waals surface area contributed by atoms with E-state index < -0.39 is 5.82 Å². The van der Waals surface area contributed by atoms with Crippen LogP contribution in [0.25, 0.3) is 0 Å². The van der Waals surface area contributed by atoms with Crippen molar-refractivity contribution in [2.24, 2.45) is 0 Å². The maximum atomic E-state index is 12.6. The lowest BCUT2D eigenvalue weighted by atomic mass is 10.3. The molecule has 11 heavy (non-hydrogen) atoms. The largest absolute Gasteiger partial charge is 0.494 e. The summed E-state index contributed by atoms with van der Waals surface area (Å²) < 4.78 is 17.3. The van der Waals surface area contributed by atoms with Crippen molar-refractivity contribution in [2.75, 3.05) is 12.8 Å². The van der Waals surface area contributed by atoms with Gasteiger partial charge in [-0.2, -0.15) is 0 Å². The zero-order chi connectivity index (χ0) is 7.56. The van der Waals surface area contributed by atoms with Crippen molar-refractivity contribution in [3.63, 3.8) is 0 Å². The second kappa shape index (κ2) is 4.03. The molecule has 0 saturated carbocycles. The van der Waals surface area contributed by atoms with Gasteiger partial charge in [0.1, 0.15) is 0 Å². The quantitative estimate of drug-likeness (QED) is 0.665. The van der Waals surface area contributed by atoms with Crippen molar-refractivity contribution in [3.05, 3.63) is 24.0 Å². The maximum Gasteiger partial charge on any atom is 0.167 e. The first kappa shape index (κ1) is 10.0. The van der Waals surface area contributed by atoms with Crippen LogP contribution in [0, 0.1) is 5.82 Å². The molecule has 0 saturated heterocycles. The van der Waals surface area contributed by atoms with Crippen LogP contribution in [-0.4, -0.2) is 7.11 Å². The van der Waals surface area contributed by atoms with Gasteiger partial charge in [0.2, 0.25) is 0 Å². The molecule has 0 spiro atoms.